The second-order valence-corrected chi connectivity index (χ2v) is 8.17. The fourth-order valence-corrected chi connectivity index (χ4v) is 3.71. The fourth-order valence-electron chi connectivity index (χ4n) is 3.71. The summed E-state index contributed by atoms with van der Waals surface area (Å²) in [6.45, 7) is 0.0573. The van der Waals surface area contributed by atoms with Crippen molar-refractivity contribution >= 4 is 17.8 Å². The third-order valence-corrected chi connectivity index (χ3v) is 5.66. The minimum atomic E-state index is -1.95. The summed E-state index contributed by atoms with van der Waals surface area (Å²) in [5, 5.41) is 4.14. The second-order valence-electron chi connectivity index (χ2n) is 8.17. The lowest BCUT2D eigenvalue weighted by Gasteiger charge is -2.34. The minimum absolute atomic E-state index is 0.0573. The molecule has 5 rings (SSSR count). The number of barbiturate groups is 1. The molecule has 192 valence electrons. The average molecular weight is 515 g/mol. The first-order valence-electron chi connectivity index (χ1n) is 11.4. The van der Waals surface area contributed by atoms with Crippen molar-refractivity contribution in [3.05, 3.63) is 73.5 Å². The van der Waals surface area contributed by atoms with Crippen molar-refractivity contribution in [3.63, 3.8) is 0 Å². The van der Waals surface area contributed by atoms with E-state index >= 15 is 0 Å². The van der Waals surface area contributed by atoms with Gasteiger partial charge in [0, 0.05) is 37.1 Å². The predicted octanol–water partition coefficient (Wildman–Crippen LogP) is 3.11. The number of oxazole rings is 1. The van der Waals surface area contributed by atoms with Gasteiger partial charge in [0.15, 0.2) is 0 Å². The molecule has 0 spiro atoms. The maximum Gasteiger partial charge on any atom is 0.328 e. The van der Waals surface area contributed by atoms with Gasteiger partial charge in [-0.25, -0.2) is 19.7 Å². The number of hydrogen-bond donors (Lipinski definition) is 2. The quantitative estimate of drug-likeness (QED) is 0.318. The first-order chi connectivity index (χ1) is 18.5. The van der Waals surface area contributed by atoms with Crippen molar-refractivity contribution in [2.75, 3.05) is 13.7 Å². The molecule has 4 aromatic rings. The van der Waals surface area contributed by atoms with Crippen molar-refractivity contribution in [1.29, 1.82) is 0 Å². The van der Waals surface area contributed by atoms with Crippen LogP contribution in [-0.2, 0) is 14.3 Å². The number of imide groups is 2. The molecule has 12 nitrogen and oxygen atoms in total. The van der Waals surface area contributed by atoms with Gasteiger partial charge >= 0.3 is 6.03 Å². The number of rotatable bonds is 9. The Hall–Kier alpha value is -5.10. The Morgan fingerprint density at radius 3 is 2.08 bits per heavy atom. The van der Waals surface area contributed by atoms with Crippen LogP contribution in [0.25, 0.3) is 22.7 Å². The molecule has 2 aromatic carbocycles. The van der Waals surface area contributed by atoms with Crippen molar-refractivity contribution in [2.45, 2.75) is 12.0 Å². The molecule has 38 heavy (non-hydrogen) atoms. The summed E-state index contributed by atoms with van der Waals surface area (Å²) in [5.74, 6) is -0.000228. The Morgan fingerprint density at radius 2 is 1.45 bits per heavy atom. The first kappa shape index (κ1) is 24.6. The zero-order valence-corrected chi connectivity index (χ0v) is 20.0. The summed E-state index contributed by atoms with van der Waals surface area (Å²) < 4.78 is 22.3. The molecule has 3 heterocycles. The largest absolute Gasteiger partial charge is 0.467 e. The smallest absolute Gasteiger partial charge is 0.328 e. The zero-order chi connectivity index (χ0) is 26.5. The number of amides is 4. The predicted molar refractivity (Wildman–Crippen MR) is 131 cm³/mol. The number of benzene rings is 2. The van der Waals surface area contributed by atoms with Gasteiger partial charge in [-0.3, -0.25) is 20.2 Å². The number of urea groups is 1. The molecule has 2 aromatic heterocycles. The van der Waals surface area contributed by atoms with E-state index in [4.69, 9.17) is 18.6 Å². The number of methoxy groups -OCH3 is 1. The third-order valence-electron chi connectivity index (χ3n) is 5.66. The van der Waals surface area contributed by atoms with Gasteiger partial charge in [0.05, 0.1) is 6.61 Å². The number of ether oxygens (including phenoxy) is 3. The summed E-state index contributed by atoms with van der Waals surface area (Å²) in [6, 6.07) is 12.6. The van der Waals surface area contributed by atoms with Crippen LogP contribution in [0.5, 0.6) is 17.2 Å². The van der Waals surface area contributed by atoms with E-state index in [-0.39, 0.29) is 18.8 Å². The second kappa shape index (κ2) is 10.5. The molecular weight excluding hydrogens is 494 g/mol. The lowest BCUT2D eigenvalue weighted by Crippen LogP contribution is -2.69. The molecule has 1 saturated heterocycles. The van der Waals surface area contributed by atoms with Gasteiger partial charge < -0.3 is 18.6 Å². The highest BCUT2D eigenvalue weighted by Crippen LogP contribution is 2.30. The van der Waals surface area contributed by atoms with Crippen LogP contribution in [0, 0.1) is 0 Å². The molecule has 12 heteroatoms. The number of aromatic nitrogens is 3. The van der Waals surface area contributed by atoms with Gasteiger partial charge in [-0.05, 0) is 48.5 Å². The Balaban J connectivity index is 1.26. The molecule has 0 atom stereocenters. The van der Waals surface area contributed by atoms with E-state index in [9.17, 15) is 14.4 Å². The lowest BCUT2D eigenvalue weighted by molar-refractivity contribution is -0.153. The number of carbonyl (C=O) groups is 3. The Bertz CT molecular complexity index is 1430. The van der Waals surface area contributed by atoms with Gasteiger partial charge in [-0.1, -0.05) is 0 Å². The third kappa shape index (κ3) is 5.06. The highest BCUT2D eigenvalue weighted by atomic mass is 16.5. The zero-order valence-electron chi connectivity index (χ0n) is 20.0. The monoisotopic (exact) mass is 515 g/mol. The van der Waals surface area contributed by atoms with Crippen LogP contribution in [0.3, 0.4) is 0 Å². The molecule has 1 aliphatic heterocycles. The maximum atomic E-state index is 12.5. The molecule has 1 fully saturated rings. The number of carbonyl (C=O) groups excluding carboxylic acids is 3. The van der Waals surface area contributed by atoms with Crippen LogP contribution in [0.2, 0.25) is 0 Å². The van der Waals surface area contributed by atoms with Crippen LogP contribution >= 0.6 is 0 Å². The van der Waals surface area contributed by atoms with Crippen LogP contribution in [0.4, 0.5) is 4.79 Å². The lowest BCUT2D eigenvalue weighted by atomic mass is 9.95. The van der Waals surface area contributed by atoms with E-state index in [1.54, 1.807) is 55.1 Å². The van der Waals surface area contributed by atoms with Crippen LogP contribution in [0.1, 0.15) is 6.42 Å². The molecule has 0 radical (unpaired) electrons. The molecule has 0 bridgehead atoms. The number of hydrogen-bond acceptors (Lipinski definition) is 10. The van der Waals surface area contributed by atoms with Gasteiger partial charge in [0.25, 0.3) is 17.4 Å². The van der Waals surface area contributed by atoms with E-state index in [2.05, 4.69) is 25.6 Å². The van der Waals surface area contributed by atoms with Crippen LogP contribution in [0.15, 0.2) is 77.9 Å². The molecule has 1 aliphatic rings. The first-order valence-corrected chi connectivity index (χ1v) is 11.4. The van der Waals surface area contributed by atoms with Crippen LogP contribution < -0.4 is 20.1 Å². The number of nitrogens with one attached hydrogen (secondary N) is 2. The van der Waals surface area contributed by atoms with Gasteiger partial charge in [-0.2, -0.15) is 0 Å². The van der Waals surface area contributed by atoms with Crippen molar-refractivity contribution in [1.82, 2.24) is 25.6 Å². The molecule has 0 aliphatic carbocycles. The highest BCUT2D eigenvalue weighted by molar-refractivity contribution is 6.21. The minimum Gasteiger partial charge on any atom is -0.467 e. The molecule has 2 N–H and O–H groups in total. The topological polar surface area (TPSA) is 155 Å². The molecule has 0 saturated carbocycles. The van der Waals surface area contributed by atoms with E-state index < -0.39 is 23.4 Å². The van der Waals surface area contributed by atoms with E-state index in [0.29, 0.717) is 23.1 Å². The van der Waals surface area contributed by atoms with Gasteiger partial charge in [-0.15, -0.1) is 0 Å². The summed E-state index contributed by atoms with van der Waals surface area (Å²) >= 11 is 0. The van der Waals surface area contributed by atoms with Crippen molar-refractivity contribution in [3.8, 4) is 40.0 Å². The van der Waals surface area contributed by atoms with Gasteiger partial charge in [0.1, 0.15) is 35.5 Å². The highest BCUT2D eigenvalue weighted by Gasteiger charge is 2.52. The molecule has 4 amide bonds. The van der Waals surface area contributed by atoms with Crippen molar-refractivity contribution < 1.29 is 33.0 Å². The summed E-state index contributed by atoms with van der Waals surface area (Å²) in [7, 11) is 1.43. The maximum absolute atomic E-state index is 12.5. The standard InChI is InChI=1S/C26H21N5O7/c1-35-11-10-26(23(32)30-25(34)31-24(26)33)38-20-8-6-19(7-9-20)37-18-4-2-16(3-5-18)22-29-21(14-36-22)17-12-27-15-28-13-17/h2-9,12-15H,10-11H2,1H3,(H2,30,31,32,33,34). The average Bonchev–Trinajstić information content (AvgIpc) is 3.42. The van der Waals surface area contributed by atoms with E-state index in [1.807, 2.05) is 12.1 Å². The Labute approximate surface area is 216 Å². The Morgan fingerprint density at radius 1 is 0.842 bits per heavy atom. The normalized spacial score (nSPS) is 14.5. The number of nitrogens with zero attached hydrogens (tertiary/aromatic N) is 3. The Kier molecular flexibility index (Phi) is 6.78. The summed E-state index contributed by atoms with van der Waals surface area (Å²) in [6.07, 6.45) is 6.20. The summed E-state index contributed by atoms with van der Waals surface area (Å²) in [4.78, 5) is 49.0. The van der Waals surface area contributed by atoms with E-state index in [0.717, 1.165) is 11.1 Å². The van der Waals surface area contributed by atoms with Crippen molar-refractivity contribution in [2.24, 2.45) is 0 Å². The fraction of sp³-hybridized carbons (Fsp3) is 0.154. The molecule has 0 unspecified atom stereocenters. The SMILES string of the molecule is COCCC1(Oc2ccc(Oc3ccc(-c4nc(-c5cncnc5)co4)cc3)cc2)C(=O)NC(=O)NC1=O. The summed E-state index contributed by atoms with van der Waals surface area (Å²) in [5.41, 5.74) is 0.183. The van der Waals surface area contributed by atoms with Gasteiger partial charge in [0.2, 0.25) is 5.89 Å². The van der Waals surface area contributed by atoms with E-state index in [1.165, 1.54) is 13.4 Å². The van der Waals surface area contributed by atoms with Crippen LogP contribution in [-0.4, -0.2) is 52.1 Å². The molecular formula is C26H21N5O7.